The SMILES string of the molecule is Cc1cccc(C(N)N)n1. The first-order chi connectivity index (χ1) is 4.70. The Labute approximate surface area is 60.1 Å². The first-order valence-electron chi connectivity index (χ1n) is 3.15. The van der Waals surface area contributed by atoms with E-state index in [1.54, 1.807) is 0 Å². The number of pyridine rings is 1. The van der Waals surface area contributed by atoms with Gasteiger partial charge in [-0.05, 0) is 19.1 Å². The highest BCUT2D eigenvalue weighted by Gasteiger charge is 1.98. The molecule has 0 unspecified atom stereocenters. The topological polar surface area (TPSA) is 64.9 Å². The fraction of sp³-hybridized carbons (Fsp3) is 0.286. The maximum Gasteiger partial charge on any atom is 0.0959 e. The molecule has 10 heavy (non-hydrogen) atoms. The summed E-state index contributed by atoms with van der Waals surface area (Å²) in [6.07, 6.45) is -0.458. The zero-order valence-corrected chi connectivity index (χ0v) is 5.91. The maximum atomic E-state index is 5.40. The Hall–Kier alpha value is -0.930. The van der Waals surface area contributed by atoms with E-state index in [4.69, 9.17) is 11.5 Å². The molecule has 0 amide bonds. The summed E-state index contributed by atoms with van der Waals surface area (Å²) in [5, 5.41) is 0. The normalized spacial score (nSPS) is 10.4. The number of hydrogen-bond donors (Lipinski definition) is 2. The molecule has 0 aliphatic rings. The van der Waals surface area contributed by atoms with Gasteiger partial charge in [-0.1, -0.05) is 6.07 Å². The van der Waals surface area contributed by atoms with Crippen molar-refractivity contribution in [3.8, 4) is 0 Å². The number of nitrogens with zero attached hydrogens (tertiary/aromatic N) is 1. The van der Waals surface area contributed by atoms with Crippen LogP contribution in [-0.2, 0) is 0 Å². The lowest BCUT2D eigenvalue weighted by atomic mass is 10.3. The summed E-state index contributed by atoms with van der Waals surface area (Å²) in [6, 6.07) is 5.62. The van der Waals surface area contributed by atoms with Gasteiger partial charge in [0.25, 0.3) is 0 Å². The molecule has 1 aromatic heterocycles. The van der Waals surface area contributed by atoms with Crippen molar-refractivity contribution in [3.05, 3.63) is 29.6 Å². The van der Waals surface area contributed by atoms with Crippen LogP contribution in [0.2, 0.25) is 0 Å². The molecule has 0 fully saturated rings. The highest BCUT2D eigenvalue weighted by atomic mass is 14.9. The van der Waals surface area contributed by atoms with E-state index in [0.29, 0.717) is 0 Å². The first-order valence-corrected chi connectivity index (χ1v) is 3.15. The van der Waals surface area contributed by atoms with Crippen LogP contribution < -0.4 is 11.5 Å². The van der Waals surface area contributed by atoms with Crippen LogP contribution in [0.15, 0.2) is 18.2 Å². The Morgan fingerprint density at radius 1 is 1.40 bits per heavy atom. The zero-order valence-electron chi connectivity index (χ0n) is 5.91. The van der Waals surface area contributed by atoms with E-state index in [-0.39, 0.29) is 0 Å². The van der Waals surface area contributed by atoms with Gasteiger partial charge in [0.2, 0.25) is 0 Å². The maximum absolute atomic E-state index is 5.40. The van der Waals surface area contributed by atoms with Crippen LogP contribution in [0.25, 0.3) is 0 Å². The van der Waals surface area contributed by atoms with Crippen molar-refractivity contribution < 1.29 is 0 Å². The van der Waals surface area contributed by atoms with Crippen molar-refractivity contribution in [3.63, 3.8) is 0 Å². The van der Waals surface area contributed by atoms with Crippen molar-refractivity contribution in [1.82, 2.24) is 4.98 Å². The average Bonchev–Trinajstić information content (AvgIpc) is 1.88. The minimum absolute atomic E-state index is 0.458. The molecule has 1 aromatic rings. The molecule has 3 nitrogen and oxygen atoms in total. The van der Waals surface area contributed by atoms with Crippen molar-refractivity contribution in [2.45, 2.75) is 13.1 Å². The number of hydrogen-bond acceptors (Lipinski definition) is 3. The summed E-state index contributed by atoms with van der Waals surface area (Å²) in [5.41, 5.74) is 12.5. The average molecular weight is 137 g/mol. The first kappa shape index (κ1) is 7.18. The van der Waals surface area contributed by atoms with Crippen molar-refractivity contribution in [2.75, 3.05) is 0 Å². The molecule has 0 spiro atoms. The van der Waals surface area contributed by atoms with E-state index >= 15 is 0 Å². The largest absolute Gasteiger partial charge is 0.311 e. The van der Waals surface area contributed by atoms with Crippen LogP contribution in [0.5, 0.6) is 0 Å². The quantitative estimate of drug-likeness (QED) is 0.547. The molecular formula is C7H11N3. The van der Waals surface area contributed by atoms with E-state index in [2.05, 4.69) is 4.98 Å². The lowest BCUT2D eigenvalue weighted by Crippen LogP contribution is -2.21. The monoisotopic (exact) mass is 137 g/mol. The molecule has 1 rings (SSSR count). The molecule has 0 atom stereocenters. The van der Waals surface area contributed by atoms with Gasteiger partial charge in [-0.3, -0.25) is 4.98 Å². The van der Waals surface area contributed by atoms with Crippen LogP contribution >= 0.6 is 0 Å². The summed E-state index contributed by atoms with van der Waals surface area (Å²) in [7, 11) is 0. The minimum atomic E-state index is -0.458. The third-order valence-corrected chi connectivity index (χ3v) is 1.25. The zero-order chi connectivity index (χ0) is 7.56. The van der Waals surface area contributed by atoms with Gasteiger partial charge >= 0.3 is 0 Å². The van der Waals surface area contributed by atoms with Gasteiger partial charge in [0.1, 0.15) is 0 Å². The van der Waals surface area contributed by atoms with Crippen LogP contribution in [0.1, 0.15) is 17.6 Å². The highest BCUT2D eigenvalue weighted by Crippen LogP contribution is 2.01. The second kappa shape index (κ2) is 2.77. The van der Waals surface area contributed by atoms with Gasteiger partial charge in [-0.2, -0.15) is 0 Å². The van der Waals surface area contributed by atoms with E-state index < -0.39 is 6.17 Å². The highest BCUT2D eigenvalue weighted by molar-refractivity contribution is 5.11. The van der Waals surface area contributed by atoms with Gasteiger partial charge in [-0.25, -0.2) is 0 Å². The summed E-state index contributed by atoms with van der Waals surface area (Å²) in [4.78, 5) is 4.12. The molecular weight excluding hydrogens is 126 g/mol. The van der Waals surface area contributed by atoms with E-state index in [1.165, 1.54) is 0 Å². The molecule has 3 heteroatoms. The Kier molecular flexibility index (Phi) is 1.99. The summed E-state index contributed by atoms with van der Waals surface area (Å²) in [6.45, 7) is 1.91. The lowest BCUT2D eigenvalue weighted by molar-refractivity contribution is 0.737. The Bertz CT molecular complexity index is 220. The van der Waals surface area contributed by atoms with Gasteiger partial charge < -0.3 is 11.5 Å². The van der Waals surface area contributed by atoms with Gasteiger partial charge in [0, 0.05) is 5.69 Å². The van der Waals surface area contributed by atoms with Crippen LogP contribution in [0.4, 0.5) is 0 Å². The molecule has 54 valence electrons. The summed E-state index contributed by atoms with van der Waals surface area (Å²) in [5.74, 6) is 0. The molecule has 0 saturated heterocycles. The second-order valence-corrected chi connectivity index (χ2v) is 2.23. The number of aryl methyl sites for hydroxylation is 1. The number of rotatable bonds is 1. The fourth-order valence-corrected chi connectivity index (χ4v) is 0.750. The third-order valence-electron chi connectivity index (χ3n) is 1.25. The summed E-state index contributed by atoms with van der Waals surface area (Å²) >= 11 is 0. The van der Waals surface area contributed by atoms with E-state index in [9.17, 15) is 0 Å². The molecule has 0 aliphatic heterocycles. The number of nitrogens with two attached hydrogens (primary N) is 2. The van der Waals surface area contributed by atoms with Crippen molar-refractivity contribution >= 4 is 0 Å². The Morgan fingerprint density at radius 2 is 2.10 bits per heavy atom. The molecule has 0 bridgehead atoms. The minimum Gasteiger partial charge on any atom is -0.311 e. The molecule has 1 heterocycles. The number of aromatic nitrogens is 1. The summed E-state index contributed by atoms with van der Waals surface area (Å²) < 4.78 is 0. The molecule has 0 aromatic carbocycles. The van der Waals surface area contributed by atoms with Gasteiger partial charge in [-0.15, -0.1) is 0 Å². The smallest absolute Gasteiger partial charge is 0.0959 e. The Morgan fingerprint density at radius 3 is 2.50 bits per heavy atom. The van der Waals surface area contributed by atoms with Crippen LogP contribution in [-0.4, -0.2) is 4.98 Å². The second-order valence-electron chi connectivity index (χ2n) is 2.23. The van der Waals surface area contributed by atoms with Gasteiger partial charge in [0.15, 0.2) is 0 Å². The third kappa shape index (κ3) is 1.52. The molecule has 4 N–H and O–H groups in total. The predicted molar refractivity (Wildman–Crippen MR) is 40.1 cm³/mol. The van der Waals surface area contributed by atoms with Crippen molar-refractivity contribution in [1.29, 1.82) is 0 Å². The van der Waals surface area contributed by atoms with Crippen LogP contribution in [0.3, 0.4) is 0 Å². The lowest BCUT2D eigenvalue weighted by Gasteiger charge is -2.03. The predicted octanol–water partition coefficient (Wildman–Crippen LogP) is 0.306. The van der Waals surface area contributed by atoms with Crippen LogP contribution in [0, 0.1) is 6.92 Å². The fourth-order valence-electron chi connectivity index (χ4n) is 0.750. The Balaban J connectivity index is 2.96. The van der Waals surface area contributed by atoms with E-state index in [1.807, 2.05) is 25.1 Å². The van der Waals surface area contributed by atoms with Crippen molar-refractivity contribution in [2.24, 2.45) is 11.5 Å². The molecule has 0 radical (unpaired) electrons. The van der Waals surface area contributed by atoms with E-state index in [0.717, 1.165) is 11.4 Å². The molecule has 0 aliphatic carbocycles. The standard InChI is InChI=1S/C7H11N3/c1-5-3-2-4-6(10-5)7(8)9/h2-4,7H,8-9H2,1H3. The van der Waals surface area contributed by atoms with Gasteiger partial charge in [0.05, 0.1) is 11.9 Å². The molecule has 0 saturated carbocycles.